The highest BCUT2D eigenvalue weighted by molar-refractivity contribution is 5.87. The second kappa shape index (κ2) is 8.66. The van der Waals surface area contributed by atoms with Gasteiger partial charge in [-0.3, -0.25) is 0 Å². The van der Waals surface area contributed by atoms with E-state index in [9.17, 15) is 0 Å². The summed E-state index contributed by atoms with van der Waals surface area (Å²) in [5, 5.41) is 6.48. The summed E-state index contributed by atoms with van der Waals surface area (Å²) in [4.78, 5) is 4.65. The Morgan fingerprint density at radius 2 is 1.66 bits per heavy atom. The van der Waals surface area contributed by atoms with Crippen LogP contribution in [0.5, 0.6) is 5.75 Å². The average Bonchev–Trinajstić information content (AvgIpc) is 3.44. The fourth-order valence-electron chi connectivity index (χ4n) is 3.88. The van der Waals surface area contributed by atoms with Crippen LogP contribution in [0.25, 0.3) is 22.2 Å². The van der Waals surface area contributed by atoms with Crippen molar-refractivity contribution in [1.82, 2.24) is 10.1 Å². The molecule has 1 heterocycles. The van der Waals surface area contributed by atoms with Crippen LogP contribution in [0.3, 0.4) is 0 Å². The van der Waals surface area contributed by atoms with E-state index in [-0.39, 0.29) is 12.4 Å². The summed E-state index contributed by atoms with van der Waals surface area (Å²) < 4.78 is 11.5. The number of ether oxygens (including phenoxy) is 1. The molecular formula is C24H23ClN2O2. The van der Waals surface area contributed by atoms with Crippen molar-refractivity contribution in [3.05, 3.63) is 78.2 Å². The van der Waals surface area contributed by atoms with E-state index < -0.39 is 0 Å². The average molecular weight is 407 g/mol. The van der Waals surface area contributed by atoms with Crippen LogP contribution in [0.1, 0.15) is 43.1 Å². The van der Waals surface area contributed by atoms with Crippen LogP contribution in [0, 0.1) is 0 Å². The number of rotatable bonds is 5. The molecule has 1 aliphatic rings. The standard InChI is InChI=1S/C24H22N2O2.ClH/c1-2-6-17(7-3-1)16-27-22-13-12-19-14-21(11-10-20(19)15-22)23-25-24(28-26-23)18-8-4-5-9-18;/h1-3,6-7,10-15,18H,4-5,8-9,16H2;1H. The van der Waals surface area contributed by atoms with Crippen molar-refractivity contribution in [2.45, 2.75) is 38.2 Å². The van der Waals surface area contributed by atoms with Gasteiger partial charge in [-0.05, 0) is 47.4 Å². The maximum absolute atomic E-state index is 5.94. The molecule has 29 heavy (non-hydrogen) atoms. The number of hydrogen-bond donors (Lipinski definition) is 0. The molecule has 1 aromatic heterocycles. The molecule has 3 aromatic carbocycles. The number of hydrogen-bond acceptors (Lipinski definition) is 4. The Balaban J connectivity index is 0.00000205. The Kier molecular flexibility index (Phi) is 5.81. The quantitative estimate of drug-likeness (QED) is 0.377. The van der Waals surface area contributed by atoms with E-state index in [1.54, 1.807) is 0 Å². The molecule has 0 atom stereocenters. The highest BCUT2D eigenvalue weighted by Gasteiger charge is 2.23. The fourth-order valence-corrected chi connectivity index (χ4v) is 3.88. The van der Waals surface area contributed by atoms with Crippen molar-refractivity contribution in [2.75, 3.05) is 0 Å². The zero-order valence-electron chi connectivity index (χ0n) is 16.1. The summed E-state index contributed by atoms with van der Waals surface area (Å²) >= 11 is 0. The number of halogens is 1. The van der Waals surface area contributed by atoms with Gasteiger partial charge < -0.3 is 9.26 Å². The molecule has 5 rings (SSSR count). The van der Waals surface area contributed by atoms with Crippen molar-refractivity contribution >= 4 is 23.2 Å². The SMILES string of the molecule is Cl.c1ccc(COc2ccc3cc(-c4noc(C5CCCC5)n4)ccc3c2)cc1. The third-order valence-electron chi connectivity index (χ3n) is 5.46. The molecular weight excluding hydrogens is 384 g/mol. The van der Waals surface area contributed by atoms with Gasteiger partial charge in [-0.2, -0.15) is 4.98 Å². The minimum atomic E-state index is 0. The van der Waals surface area contributed by atoms with Crippen LogP contribution in [0.2, 0.25) is 0 Å². The molecule has 1 saturated carbocycles. The van der Waals surface area contributed by atoms with Crippen LogP contribution in [0.15, 0.2) is 71.3 Å². The minimum Gasteiger partial charge on any atom is -0.489 e. The van der Waals surface area contributed by atoms with Crippen molar-refractivity contribution in [1.29, 1.82) is 0 Å². The van der Waals surface area contributed by atoms with Crippen molar-refractivity contribution in [3.8, 4) is 17.1 Å². The van der Waals surface area contributed by atoms with Gasteiger partial charge in [0.15, 0.2) is 0 Å². The smallest absolute Gasteiger partial charge is 0.230 e. The summed E-state index contributed by atoms with van der Waals surface area (Å²) in [6.07, 6.45) is 4.83. The zero-order valence-corrected chi connectivity index (χ0v) is 16.9. The van der Waals surface area contributed by atoms with E-state index in [4.69, 9.17) is 9.26 Å². The van der Waals surface area contributed by atoms with E-state index >= 15 is 0 Å². The molecule has 148 valence electrons. The molecule has 0 unspecified atom stereocenters. The normalized spacial score (nSPS) is 14.1. The zero-order chi connectivity index (χ0) is 18.8. The van der Waals surface area contributed by atoms with E-state index in [1.807, 2.05) is 30.3 Å². The van der Waals surface area contributed by atoms with Crippen molar-refractivity contribution < 1.29 is 9.26 Å². The molecule has 0 saturated heterocycles. The van der Waals surface area contributed by atoms with Gasteiger partial charge in [-0.1, -0.05) is 66.5 Å². The molecule has 0 spiro atoms. The lowest BCUT2D eigenvalue weighted by molar-refractivity contribution is 0.306. The van der Waals surface area contributed by atoms with Gasteiger partial charge in [-0.15, -0.1) is 12.4 Å². The Bertz CT molecular complexity index is 1090. The monoisotopic (exact) mass is 406 g/mol. The van der Waals surface area contributed by atoms with E-state index in [1.165, 1.54) is 12.8 Å². The number of fused-ring (bicyclic) bond motifs is 1. The number of benzene rings is 3. The first kappa shape index (κ1) is 19.5. The van der Waals surface area contributed by atoms with Crippen LogP contribution >= 0.6 is 12.4 Å². The first-order valence-corrected chi connectivity index (χ1v) is 9.90. The summed E-state index contributed by atoms with van der Waals surface area (Å²) in [6.45, 7) is 0.567. The molecule has 4 aromatic rings. The van der Waals surface area contributed by atoms with Gasteiger partial charge in [0.1, 0.15) is 12.4 Å². The van der Waals surface area contributed by atoms with Gasteiger partial charge in [0.2, 0.25) is 11.7 Å². The van der Waals surface area contributed by atoms with Crippen LogP contribution in [0.4, 0.5) is 0 Å². The molecule has 0 bridgehead atoms. The molecule has 1 fully saturated rings. The van der Waals surface area contributed by atoms with E-state index in [0.717, 1.165) is 46.4 Å². The van der Waals surface area contributed by atoms with Gasteiger partial charge in [0.25, 0.3) is 0 Å². The second-order valence-electron chi connectivity index (χ2n) is 7.44. The van der Waals surface area contributed by atoms with E-state index in [2.05, 4.69) is 46.5 Å². The lowest BCUT2D eigenvalue weighted by Crippen LogP contribution is -1.94. The summed E-state index contributed by atoms with van der Waals surface area (Å²) in [7, 11) is 0. The van der Waals surface area contributed by atoms with Gasteiger partial charge in [0.05, 0.1) is 0 Å². The topological polar surface area (TPSA) is 48.2 Å². The Morgan fingerprint density at radius 3 is 2.48 bits per heavy atom. The Labute approximate surface area is 176 Å². The molecule has 0 N–H and O–H groups in total. The van der Waals surface area contributed by atoms with Crippen LogP contribution in [-0.4, -0.2) is 10.1 Å². The molecule has 0 amide bonds. The summed E-state index contributed by atoms with van der Waals surface area (Å²) in [5.74, 6) is 2.77. The second-order valence-corrected chi connectivity index (χ2v) is 7.44. The molecule has 4 nitrogen and oxygen atoms in total. The maximum Gasteiger partial charge on any atom is 0.230 e. The highest BCUT2D eigenvalue weighted by Crippen LogP contribution is 2.34. The lowest BCUT2D eigenvalue weighted by Gasteiger charge is -2.08. The fraction of sp³-hybridized carbons (Fsp3) is 0.250. The third kappa shape index (κ3) is 4.28. The van der Waals surface area contributed by atoms with Gasteiger partial charge >= 0.3 is 0 Å². The first-order valence-electron chi connectivity index (χ1n) is 9.90. The van der Waals surface area contributed by atoms with Gasteiger partial charge in [-0.25, -0.2) is 0 Å². The van der Waals surface area contributed by atoms with Crippen LogP contribution in [-0.2, 0) is 6.61 Å². The third-order valence-corrected chi connectivity index (χ3v) is 5.46. The Hall–Kier alpha value is -2.85. The molecule has 0 radical (unpaired) electrons. The summed E-state index contributed by atoms with van der Waals surface area (Å²) in [6, 6.07) is 22.6. The first-order chi connectivity index (χ1) is 13.8. The van der Waals surface area contributed by atoms with Crippen molar-refractivity contribution in [3.63, 3.8) is 0 Å². The van der Waals surface area contributed by atoms with E-state index in [0.29, 0.717) is 18.3 Å². The predicted octanol–water partition coefficient (Wildman–Crippen LogP) is 6.55. The maximum atomic E-state index is 5.94. The lowest BCUT2D eigenvalue weighted by atomic mass is 10.1. The highest BCUT2D eigenvalue weighted by atomic mass is 35.5. The Morgan fingerprint density at radius 1 is 0.897 bits per heavy atom. The molecule has 5 heteroatoms. The predicted molar refractivity (Wildman–Crippen MR) is 116 cm³/mol. The minimum absolute atomic E-state index is 0. The largest absolute Gasteiger partial charge is 0.489 e. The molecule has 1 aliphatic carbocycles. The number of nitrogens with zero attached hydrogens (tertiary/aromatic N) is 2. The molecule has 0 aliphatic heterocycles. The van der Waals surface area contributed by atoms with Crippen LogP contribution < -0.4 is 4.74 Å². The summed E-state index contributed by atoms with van der Waals surface area (Å²) in [5.41, 5.74) is 2.14. The number of aromatic nitrogens is 2. The van der Waals surface area contributed by atoms with Crippen molar-refractivity contribution in [2.24, 2.45) is 0 Å². The van der Waals surface area contributed by atoms with Gasteiger partial charge in [0, 0.05) is 11.5 Å².